The number of carbonyl (C=O) groups is 1. The van der Waals surface area contributed by atoms with Gasteiger partial charge in [0.05, 0.1) is 6.54 Å². The molecule has 0 unspecified atom stereocenters. The first-order chi connectivity index (χ1) is 9.15. The number of likely N-dealkylation sites (N-methyl/N-ethyl adjacent to an activating group) is 1. The number of hydrogen-bond donors (Lipinski definition) is 0. The highest BCUT2D eigenvalue weighted by Gasteiger charge is 2.24. The summed E-state index contributed by atoms with van der Waals surface area (Å²) in [5, 5.41) is 0. The van der Waals surface area contributed by atoms with Crippen molar-refractivity contribution < 1.29 is 4.79 Å². The lowest BCUT2D eigenvalue weighted by Crippen LogP contribution is -2.23. The number of rotatable bonds is 4. The van der Waals surface area contributed by atoms with Gasteiger partial charge in [0.1, 0.15) is 5.78 Å². The predicted octanol–water partition coefficient (Wildman–Crippen LogP) is 2.53. The van der Waals surface area contributed by atoms with E-state index < -0.39 is 0 Å². The minimum atomic E-state index is 0.320. The van der Waals surface area contributed by atoms with E-state index in [9.17, 15) is 4.79 Å². The monoisotopic (exact) mass is 258 g/mol. The highest BCUT2D eigenvalue weighted by Crippen LogP contribution is 2.29. The van der Waals surface area contributed by atoms with Gasteiger partial charge in [0.15, 0.2) is 0 Å². The minimum Gasteiger partial charge on any atom is -0.308 e. The van der Waals surface area contributed by atoms with Crippen LogP contribution in [0.1, 0.15) is 30.7 Å². The maximum absolute atomic E-state index is 11.9. The summed E-state index contributed by atoms with van der Waals surface area (Å²) in [6.45, 7) is 1.73. The zero-order chi connectivity index (χ0) is 13.7. The molecule has 0 bridgehead atoms. The van der Waals surface area contributed by atoms with Crippen LogP contribution in [0.4, 0.5) is 0 Å². The lowest BCUT2D eigenvalue weighted by atomic mass is 9.82. The van der Waals surface area contributed by atoms with Crippen molar-refractivity contribution in [3.8, 4) is 0 Å². The van der Waals surface area contributed by atoms with Gasteiger partial charge in [-0.15, -0.1) is 0 Å². The second-order valence-corrected chi connectivity index (χ2v) is 5.48. The molecule has 3 heteroatoms. The molecule has 102 valence electrons. The molecule has 0 amide bonds. The predicted molar refractivity (Wildman–Crippen MR) is 78.9 cm³/mol. The summed E-state index contributed by atoms with van der Waals surface area (Å²) >= 11 is 0. The van der Waals surface area contributed by atoms with Crippen LogP contribution >= 0.6 is 0 Å². The Balaban J connectivity index is 2.02. The van der Waals surface area contributed by atoms with Gasteiger partial charge in [0.25, 0.3) is 0 Å². The van der Waals surface area contributed by atoms with Crippen molar-refractivity contribution in [2.75, 3.05) is 27.2 Å². The molecular weight excluding hydrogens is 236 g/mol. The van der Waals surface area contributed by atoms with E-state index in [1.54, 1.807) is 0 Å². The molecule has 19 heavy (non-hydrogen) atoms. The Morgan fingerprint density at radius 1 is 1.21 bits per heavy atom. The van der Waals surface area contributed by atoms with Crippen LogP contribution in [0.3, 0.4) is 0 Å². The normalized spacial score (nSPS) is 22.2. The number of nitrogens with zero attached hydrogens (tertiary/aromatic N) is 2. The molecule has 2 rings (SSSR count). The molecule has 1 aliphatic rings. The summed E-state index contributed by atoms with van der Waals surface area (Å²) in [6.07, 6.45) is 2.15. The summed E-state index contributed by atoms with van der Waals surface area (Å²) < 4.78 is 0. The molecule has 0 spiro atoms. The van der Waals surface area contributed by atoms with Crippen molar-refractivity contribution in [1.82, 2.24) is 4.90 Å². The van der Waals surface area contributed by atoms with Crippen LogP contribution in [0.5, 0.6) is 0 Å². The Bertz CT molecular complexity index is 451. The van der Waals surface area contributed by atoms with Crippen molar-refractivity contribution in [1.29, 1.82) is 0 Å². The molecule has 1 atom stereocenters. The van der Waals surface area contributed by atoms with Crippen LogP contribution < -0.4 is 0 Å². The van der Waals surface area contributed by atoms with Gasteiger partial charge in [-0.05, 0) is 32.0 Å². The second kappa shape index (κ2) is 6.62. The molecule has 0 saturated heterocycles. The SMILES string of the molecule is CN(C)CCN=C1CC(=O)C[C@H](c2ccccc2)C1. The van der Waals surface area contributed by atoms with Crippen LogP contribution in [-0.2, 0) is 4.79 Å². The standard InChI is InChI=1S/C16H22N2O/c1-18(2)9-8-17-15-10-14(11-16(19)12-15)13-6-4-3-5-7-13/h3-7,14H,8-12H2,1-2H3/t14-/m1/s1. The van der Waals surface area contributed by atoms with E-state index in [1.165, 1.54) is 5.56 Å². The van der Waals surface area contributed by atoms with Crippen LogP contribution in [-0.4, -0.2) is 43.6 Å². The average Bonchev–Trinajstić information content (AvgIpc) is 2.39. The van der Waals surface area contributed by atoms with E-state index >= 15 is 0 Å². The van der Waals surface area contributed by atoms with Crippen molar-refractivity contribution in [2.24, 2.45) is 4.99 Å². The van der Waals surface area contributed by atoms with Gasteiger partial charge in [-0.25, -0.2) is 0 Å². The summed E-state index contributed by atoms with van der Waals surface area (Å²) in [4.78, 5) is 18.6. The van der Waals surface area contributed by atoms with Crippen molar-refractivity contribution in [3.05, 3.63) is 35.9 Å². The molecule has 1 saturated carbocycles. The molecule has 0 N–H and O–H groups in total. The zero-order valence-electron chi connectivity index (χ0n) is 11.8. The van der Waals surface area contributed by atoms with E-state index in [4.69, 9.17) is 0 Å². The maximum Gasteiger partial charge on any atom is 0.139 e. The molecule has 0 aliphatic heterocycles. The Kier molecular flexibility index (Phi) is 4.86. The Hall–Kier alpha value is -1.48. The van der Waals surface area contributed by atoms with Gasteiger partial charge < -0.3 is 4.90 Å². The number of Topliss-reactive ketones (excluding diaryl/α,β-unsaturated/α-hetero) is 1. The average molecular weight is 258 g/mol. The highest BCUT2D eigenvalue weighted by atomic mass is 16.1. The second-order valence-electron chi connectivity index (χ2n) is 5.48. The number of hydrogen-bond acceptors (Lipinski definition) is 3. The summed E-state index contributed by atoms with van der Waals surface area (Å²) in [7, 11) is 4.08. The molecule has 0 heterocycles. The number of aliphatic imine (C=N–C) groups is 1. The van der Waals surface area contributed by atoms with Crippen LogP contribution in [0, 0.1) is 0 Å². The first-order valence-corrected chi connectivity index (χ1v) is 6.88. The van der Waals surface area contributed by atoms with Gasteiger partial charge in [-0.3, -0.25) is 9.79 Å². The topological polar surface area (TPSA) is 32.7 Å². The number of carbonyl (C=O) groups excluding carboxylic acids is 1. The summed E-state index contributed by atoms with van der Waals surface area (Å²) in [5.41, 5.74) is 2.34. The zero-order valence-corrected chi connectivity index (χ0v) is 11.8. The van der Waals surface area contributed by atoms with E-state index in [0.29, 0.717) is 24.5 Å². The van der Waals surface area contributed by atoms with E-state index in [-0.39, 0.29) is 0 Å². The van der Waals surface area contributed by atoms with Gasteiger partial charge in [0.2, 0.25) is 0 Å². The van der Waals surface area contributed by atoms with E-state index in [0.717, 1.165) is 25.2 Å². The number of benzene rings is 1. The van der Waals surface area contributed by atoms with Crippen molar-refractivity contribution >= 4 is 11.5 Å². The third-order valence-corrected chi connectivity index (χ3v) is 3.51. The van der Waals surface area contributed by atoms with Gasteiger partial charge in [0, 0.05) is 25.1 Å². The molecule has 1 aromatic rings. The first-order valence-electron chi connectivity index (χ1n) is 6.88. The fraction of sp³-hybridized carbons (Fsp3) is 0.500. The smallest absolute Gasteiger partial charge is 0.139 e. The lowest BCUT2D eigenvalue weighted by molar-refractivity contribution is -0.118. The molecular formula is C16H22N2O. The van der Waals surface area contributed by atoms with Gasteiger partial charge in [-0.1, -0.05) is 30.3 Å². The van der Waals surface area contributed by atoms with Crippen LogP contribution in [0.25, 0.3) is 0 Å². The van der Waals surface area contributed by atoms with Gasteiger partial charge in [-0.2, -0.15) is 0 Å². The van der Waals surface area contributed by atoms with E-state index in [2.05, 4.69) is 22.0 Å². The van der Waals surface area contributed by atoms with Gasteiger partial charge >= 0.3 is 0 Å². The Morgan fingerprint density at radius 3 is 2.63 bits per heavy atom. The van der Waals surface area contributed by atoms with E-state index in [1.807, 2.05) is 32.3 Å². The molecule has 1 aromatic carbocycles. The third kappa shape index (κ3) is 4.28. The Morgan fingerprint density at radius 2 is 1.95 bits per heavy atom. The maximum atomic E-state index is 11.9. The molecule has 1 aliphatic carbocycles. The molecule has 0 radical (unpaired) electrons. The first kappa shape index (κ1) is 13.9. The fourth-order valence-electron chi connectivity index (χ4n) is 2.49. The molecule has 3 nitrogen and oxygen atoms in total. The van der Waals surface area contributed by atoms with Crippen molar-refractivity contribution in [3.63, 3.8) is 0 Å². The molecule has 1 fully saturated rings. The largest absolute Gasteiger partial charge is 0.308 e. The third-order valence-electron chi connectivity index (χ3n) is 3.51. The fourth-order valence-corrected chi connectivity index (χ4v) is 2.49. The Labute approximate surface area is 115 Å². The quantitative estimate of drug-likeness (QED) is 0.831. The van der Waals surface area contributed by atoms with Crippen molar-refractivity contribution in [2.45, 2.75) is 25.2 Å². The molecule has 0 aromatic heterocycles. The number of ketones is 1. The van der Waals surface area contributed by atoms with Crippen LogP contribution in [0.15, 0.2) is 35.3 Å². The minimum absolute atomic E-state index is 0.320. The lowest BCUT2D eigenvalue weighted by Gasteiger charge is -2.23. The summed E-state index contributed by atoms with van der Waals surface area (Å²) in [6, 6.07) is 10.3. The highest BCUT2D eigenvalue weighted by molar-refractivity contribution is 6.05. The van der Waals surface area contributed by atoms with Crippen LogP contribution in [0.2, 0.25) is 0 Å². The summed E-state index contributed by atoms with van der Waals surface area (Å²) in [5.74, 6) is 0.643.